The fourth-order valence-electron chi connectivity index (χ4n) is 3.67. The lowest BCUT2D eigenvalue weighted by molar-refractivity contribution is -0.140. The molecular weight excluding hydrogens is 460 g/mol. The summed E-state index contributed by atoms with van der Waals surface area (Å²) in [5.74, 6) is -1.09. The Morgan fingerprint density at radius 2 is 1.76 bits per heavy atom. The number of fused-ring (bicyclic) bond motifs is 3. The summed E-state index contributed by atoms with van der Waals surface area (Å²) in [6, 6.07) is 9.28. The average molecular weight is 487 g/mol. The molecule has 2 heterocycles. The molecule has 0 unspecified atom stereocenters. The van der Waals surface area contributed by atoms with Gasteiger partial charge in [-0.3, -0.25) is 4.79 Å². The van der Waals surface area contributed by atoms with Crippen molar-refractivity contribution >= 4 is 49.3 Å². The number of benzene rings is 2. The molecule has 4 rings (SSSR count). The third kappa shape index (κ3) is 4.80. The Morgan fingerprint density at radius 1 is 1.09 bits per heavy atom. The van der Waals surface area contributed by atoms with Crippen LogP contribution in [0.3, 0.4) is 0 Å². The molecule has 0 fully saturated rings. The first-order valence-electron chi connectivity index (χ1n) is 10.7. The molecule has 0 aliphatic rings. The summed E-state index contributed by atoms with van der Waals surface area (Å²) in [5.41, 5.74) is 2.06. The zero-order valence-corrected chi connectivity index (χ0v) is 20.5. The van der Waals surface area contributed by atoms with Crippen molar-refractivity contribution in [2.24, 2.45) is 11.8 Å². The maximum atomic E-state index is 12.8. The number of aliphatic carboxylic acids is 1. The predicted molar refractivity (Wildman–Crippen MR) is 130 cm³/mol. The number of rotatable bonds is 8. The lowest BCUT2D eigenvalue weighted by Crippen LogP contribution is -2.44. The second-order valence-corrected chi connectivity index (χ2v) is 11.7. The van der Waals surface area contributed by atoms with E-state index in [2.05, 4.69) is 23.6 Å². The van der Waals surface area contributed by atoms with E-state index in [9.17, 15) is 18.3 Å². The largest absolute Gasteiger partial charge is 0.480 e. The number of thiazole rings is 1. The van der Waals surface area contributed by atoms with E-state index in [1.54, 1.807) is 31.3 Å². The molecule has 0 saturated carbocycles. The first-order valence-corrected chi connectivity index (χ1v) is 13.0. The smallest absolute Gasteiger partial charge is 0.322 e. The topological polar surface area (TPSA) is 110 Å². The highest BCUT2D eigenvalue weighted by Gasteiger charge is 2.28. The Labute approximate surface area is 196 Å². The number of carbonyl (C=O) groups is 1. The van der Waals surface area contributed by atoms with Crippen LogP contribution in [0.1, 0.15) is 32.7 Å². The van der Waals surface area contributed by atoms with Crippen LogP contribution in [0.5, 0.6) is 0 Å². The number of nitrogens with one attached hydrogen (secondary N) is 1. The fraction of sp³-hybridized carbons (Fsp3) is 0.333. The number of hydrogen-bond acceptors (Lipinski definition) is 6. The van der Waals surface area contributed by atoms with E-state index >= 15 is 0 Å². The molecule has 0 bridgehead atoms. The number of carboxylic acids is 1. The minimum Gasteiger partial charge on any atom is -0.480 e. The molecule has 0 aliphatic heterocycles. The van der Waals surface area contributed by atoms with Crippen molar-refractivity contribution in [3.05, 3.63) is 47.6 Å². The number of hydrogen-bond donors (Lipinski definition) is 2. The monoisotopic (exact) mass is 486 g/mol. The molecule has 0 amide bonds. The standard InChI is InChI=1S/C24H26N2O5S2/c1-13(2)9-22-25-12-21(32-22)15-5-7-17-18-8-6-16(11-20(18)31-19(17)10-15)33(29,30)26-23(14(3)4)24(27)28/h5-8,10-14,23,26H,9H2,1-4H3,(H,27,28)/t23-/m0/s1. The van der Waals surface area contributed by atoms with Gasteiger partial charge in [-0.1, -0.05) is 33.8 Å². The van der Waals surface area contributed by atoms with Gasteiger partial charge in [0.2, 0.25) is 10.0 Å². The minimum absolute atomic E-state index is 0.0398. The molecule has 0 saturated heterocycles. The Bertz CT molecular complexity index is 1430. The van der Waals surface area contributed by atoms with Gasteiger partial charge in [-0.15, -0.1) is 11.3 Å². The van der Waals surface area contributed by atoms with Crippen LogP contribution in [-0.4, -0.2) is 30.5 Å². The lowest BCUT2D eigenvalue weighted by Gasteiger charge is -2.17. The minimum atomic E-state index is -4.03. The lowest BCUT2D eigenvalue weighted by atomic mass is 10.1. The average Bonchev–Trinajstić information content (AvgIpc) is 3.34. The zero-order valence-electron chi connectivity index (χ0n) is 18.8. The number of aromatic nitrogens is 1. The molecule has 1 atom stereocenters. The van der Waals surface area contributed by atoms with E-state index in [0.717, 1.165) is 32.6 Å². The highest BCUT2D eigenvalue weighted by molar-refractivity contribution is 7.89. The summed E-state index contributed by atoms with van der Waals surface area (Å²) in [6.45, 7) is 7.62. The molecule has 2 N–H and O–H groups in total. The molecule has 174 valence electrons. The van der Waals surface area contributed by atoms with Crippen molar-refractivity contribution in [1.82, 2.24) is 9.71 Å². The van der Waals surface area contributed by atoms with Crippen molar-refractivity contribution in [2.45, 2.75) is 45.1 Å². The Morgan fingerprint density at radius 3 is 2.39 bits per heavy atom. The highest BCUT2D eigenvalue weighted by Crippen LogP contribution is 2.35. The van der Waals surface area contributed by atoms with Gasteiger partial charge in [0.05, 0.1) is 14.8 Å². The van der Waals surface area contributed by atoms with Crippen LogP contribution in [0.15, 0.2) is 51.9 Å². The third-order valence-electron chi connectivity index (χ3n) is 5.39. The number of nitrogens with zero attached hydrogens (tertiary/aromatic N) is 1. The Hall–Kier alpha value is -2.75. The highest BCUT2D eigenvalue weighted by atomic mass is 32.2. The zero-order chi connectivity index (χ0) is 23.9. The van der Waals surface area contributed by atoms with E-state index in [4.69, 9.17) is 4.42 Å². The van der Waals surface area contributed by atoms with Crippen molar-refractivity contribution in [2.75, 3.05) is 0 Å². The van der Waals surface area contributed by atoms with Crippen LogP contribution in [0.25, 0.3) is 32.4 Å². The molecule has 0 spiro atoms. The maximum Gasteiger partial charge on any atom is 0.322 e. The van der Waals surface area contributed by atoms with Crippen LogP contribution < -0.4 is 4.72 Å². The van der Waals surface area contributed by atoms with E-state index < -0.39 is 28.0 Å². The van der Waals surface area contributed by atoms with Gasteiger partial charge in [0, 0.05) is 29.5 Å². The van der Waals surface area contributed by atoms with E-state index in [1.165, 1.54) is 12.1 Å². The van der Waals surface area contributed by atoms with Crippen molar-refractivity contribution in [3.8, 4) is 10.4 Å². The van der Waals surface area contributed by atoms with Gasteiger partial charge in [0.1, 0.15) is 17.2 Å². The summed E-state index contributed by atoms with van der Waals surface area (Å²) in [4.78, 5) is 17.0. The van der Waals surface area contributed by atoms with Crippen LogP contribution in [0.2, 0.25) is 0 Å². The quantitative estimate of drug-likeness (QED) is 0.350. The summed E-state index contributed by atoms with van der Waals surface area (Å²) >= 11 is 1.66. The van der Waals surface area contributed by atoms with Gasteiger partial charge < -0.3 is 9.52 Å². The van der Waals surface area contributed by atoms with E-state index in [0.29, 0.717) is 17.1 Å². The van der Waals surface area contributed by atoms with Crippen molar-refractivity contribution < 1.29 is 22.7 Å². The van der Waals surface area contributed by atoms with Crippen molar-refractivity contribution in [1.29, 1.82) is 0 Å². The molecule has 33 heavy (non-hydrogen) atoms. The predicted octanol–water partition coefficient (Wildman–Crippen LogP) is 5.30. The Kier molecular flexibility index (Phi) is 6.30. The number of furan rings is 1. The van der Waals surface area contributed by atoms with Crippen LogP contribution in [-0.2, 0) is 21.2 Å². The third-order valence-corrected chi connectivity index (χ3v) is 7.90. The summed E-state index contributed by atoms with van der Waals surface area (Å²) in [7, 11) is -4.03. The van der Waals surface area contributed by atoms with E-state index in [1.807, 2.05) is 24.4 Å². The van der Waals surface area contributed by atoms with Gasteiger partial charge in [0.15, 0.2) is 0 Å². The fourth-order valence-corrected chi connectivity index (χ4v) is 6.15. The summed E-state index contributed by atoms with van der Waals surface area (Å²) < 4.78 is 33.9. The van der Waals surface area contributed by atoms with Crippen LogP contribution in [0.4, 0.5) is 0 Å². The first-order chi connectivity index (χ1) is 15.5. The molecule has 7 nitrogen and oxygen atoms in total. The second kappa shape index (κ2) is 8.89. The normalized spacial score (nSPS) is 13.4. The molecular formula is C24H26N2O5S2. The van der Waals surface area contributed by atoms with Gasteiger partial charge in [-0.05, 0) is 41.7 Å². The Balaban J connectivity index is 1.69. The molecule has 2 aromatic carbocycles. The maximum absolute atomic E-state index is 12.8. The molecule has 2 aromatic heterocycles. The number of carboxylic acid groups (broad SMARTS) is 1. The molecule has 4 aromatic rings. The van der Waals surface area contributed by atoms with Gasteiger partial charge in [-0.2, -0.15) is 4.72 Å². The first kappa shape index (κ1) is 23.4. The molecule has 0 aliphatic carbocycles. The number of sulfonamides is 1. The van der Waals surface area contributed by atoms with E-state index in [-0.39, 0.29) is 4.90 Å². The summed E-state index contributed by atoms with van der Waals surface area (Å²) in [6.07, 6.45) is 2.80. The van der Waals surface area contributed by atoms with Gasteiger partial charge in [-0.25, -0.2) is 13.4 Å². The van der Waals surface area contributed by atoms with Crippen LogP contribution >= 0.6 is 11.3 Å². The SMILES string of the molecule is CC(C)Cc1ncc(-c2ccc3c(c2)oc2cc(S(=O)(=O)N[C@H](C(=O)O)C(C)C)ccc23)s1. The van der Waals surface area contributed by atoms with Crippen LogP contribution in [0, 0.1) is 11.8 Å². The molecule has 9 heteroatoms. The summed E-state index contributed by atoms with van der Waals surface area (Å²) in [5, 5.41) is 12.1. The second-order valence-electron chi connectivity index (χ2n) is 8.87. The molecule has 0 radical (unpaired) electrons. The van der Waals surface area contributed by atoms with Crippen molar-refractivity contribution in [3.63, 3.8) is 0 Å². The van der Waals surface area contributed by atoms with Gasteiger partial charge in [0.25, 0.3) is 0 Å². The van der Waals surface area contributed by atoms with Gasteiger partial charge >= 0.3 is 5.97 Å².